The molecule has 0 bridgehead atoms. The second-order valence-electron chi connectivity index (χ2n) is 10.4. The molecule has 5 nitrogen and oxygen atoms in total. The summed E-state index contributed by atoms with van der Waals surface area (Å²) in [5.41, 5.74) is 4.26. The fourth-order valence-electron chi connectivity index (χ4n) is 6.26. The Morgan fingerprint density at radius 3 is 1.52 bits per heavy atom. The van der Waals surface area contributed by atoms with Gasteiger partial charge in [-0.05, 0) is 71.1 Å². The van der Waals surface area contributed by atoms with E-state index in [1.807, 2.05) is 24.3 Å². The van der Waals surface area contributed by atoms with Gasteiger partial charge in [0.25, 0.3) is 0 Å². The van der Waals surface area contributed by atoms with E-state index in [9.17, 15) is 5.11 Å². The molecular formula is C36H25O5P. The predicted molar refractivity (Wildman–Crippen MR) is 172 cm³/mol. The highest BCUT2D eigenvalue weighted by atomic mass is 31.2. The van der Waals surface area contributed by atoms with Gasteiger partial charge in [0.15, 0.2) is 0 Å². The van der Waals surface area contributed by atoms with Crippen LogP contribution in [0.3, 0.4) is 0 Å². The van der Waals surface area contributed by atoms with Crippen LogP contribution in [-0.2, 0) is 4.57 Å². The Kier molecular flexibility index (Phi) is 6.19. The fourth-order valence-corrected chi connectivity index (χ4v) is 6.26. The van der Waals surface area contributed by atoms with Crippen molar-refractivity contribution < 1.29 is 24.4 Å². The summed E-state index contributed by atoms with van der Waals surface area (Å²) >= 11 is 0. The summed E-state index contributed by atoms with van der Waals surface area (Å²) in [4.78, 5) is 21.6. The molecule has 0 saturated carbocycles. The van der Waals surface area contributed by atoms with Gasteiger partial charge in [0, 0.05) is 11.1 Å². The number of hydrogen-bond donors (Lipinski definition) is 4. The minimum Gasteiger partial charge on any atom is -0.507 e. The predicted octanol–water partition coefficient (Wildman–Crippen LogP) is 9.00. The monoisotopic (exact) mass is 568 g/mol. The average Bonchev–Trinajstić information content (AvgIpc) is 2.99. The molecule has 8 rings (SSSR count). The van der Waals surface area contributed by atoms with E-state index in [-0.39, 0.29) is 0 Å². The number of phenolic OH excluding ortho intramolecular Hbond substituents is 1. The largest absolute Gasteiger partial charge is 0.507 e. The number of phosphoric acid groups is 1. The van der Waals surface area contributed by atoms with Crippen LogP contribution in [0.15, 0.2) is 127 Å². The second kappa shape index (κ2) is 9.95. The van der Waals surface area contributed by atoms with Gasteiger partial charge in [0.1, 0.15) is 5.75 Å². The van der Waals surface area contributed by atoms with Gasteiger partial charge in [-0.3, -0.25) is 0 Å². The van der Waals surface area contributed by atoms with Gasteiger partial charge in [-0.2, -0.15) is 0 Å². The van der Waals surface area contributed by atoms with Crippen molar-refractivity contribution in [3.8, 4) is 28.0 Å². The lowest BCUT2D eigenvalue weighted by atomic mass is 9.84. The summed E-state index contributed by atoms with van der Waals surface area (Å²) in [6.07, 6.45) is 0. The molecule has 8 aromatic carbocycles. The summed E-state index contributed by atoms with van der Waals surface area (Å²) < 4.78 is 8.88. The summed E-state index contributed by atoms with van der Waals surface area (Å²) in [6.45, 7) is 0. The van der Waals surface area contributed by atoms with Crippen molar-refractivity contribution in [1.29, 1.82) is 0 Å². The minimum atomic E-state index is -4.64. The molecule has 0 aliphatic rings. The van der Waals surface area contributed by atoms with Crippen molar-refractivity contribution >= 4 is 61.7 Å². The molecule has 8 aromatic rings. The molecule has 0 saturated heterocycles. The first-order chi connectivity index (χ1) is 20.3. The zero-order chi connectivity index (χ0) is 29.0. The van der Waals surface area contributed by atoms with Crippen LogP contribution < -0.4 is 0 Å². The number of aromatic hydroxyl groups is 1. The van der Waals surface area contributed by atoms with Crippen molar-refractivity contribution in [2.45, 2.75) is 0 Å². The molecule has 0 aliphatic heterocycles. The van der Waals surface area contributed by atoms with Crippen LogP contribution in [0.5, 0.6) is 5.75 Å². The second-order valence-corrected chi connectivity index (χ2v) is 11.4. The Bertz CT molecular complexity index is 2310. The summed E-state index contributed by atoms with van der Waals surface area (Å²) in [5, 5.41) is 23.4. The van der Waals surface area contributed by atoms with Gasteiger partial charge in [0.2, 0.25) is 0 Å². The van der Waals surface area contributed by atoms with E-state index >= 15 is 0 Å². The van der Waals surface area contributed by atoms with Crippen molar-refractivity contribution in [2.75, 3.05) is 0 Å². The maximum absolute atomic E-state index is 11.3. The molecular weight excluding hydrogens is 543 g/mol. The molecule has 0 unspecified atom stereocenters. The van der Waals surface area contributed by atoms with E-state index in [2.05, 4.69) is 103 Å². The van der Waals surface area contributed by atoms with Crippen LogP contribution in [0.1, 0.15) is 0 Å². The third-order valence-corrected chi connectivity index (χ3v) is 7.90. The normalized spacial score (nSPS) is 11.9. The first-order valence-corrected chi connectivity index (χ1v) is 15.0. The Morgan fingerprint density at radius 2 is 0.857 bits per heavy atom. The highest BCUT2D eigenvalue weighted by Gasteiger charge is 2.20. The first kappa shape index (κ1) is 26.1. The SMILES string of the molecule is O=P(O)(O)O.Oc1ccc2ccccc2c1-c1c(-c2ccc3ccc4cccc5ccc2c3c45)ccc2ccccc12. The highest BCUT2D eigenvalue weighted by molar-refractivity contribution is 7.45. The number of fused-ring (bicyclic) bond motifs is 2. The molecule has 6 heteroatoms. The van der Waals surface area contributed by atoms with Gasteiger partial charge >= 0.3 is 7.82 Å². The van der Waals surface area contributed by atoms with E-state index in [0.29, 0.717) is 5.75 Å². The summed E-state index contributed by atoms with van der Waals surface area (Å²) in [6, 6.07) is 45.0. The first-order valence-electron chi connectivity index (χ1n) is 13.5. The third kappa shape index (κ3) is 4.46. The van der Waals surface area contributed by atoms with Crippen molar-refractivity contribution in [3.63, 3.8) is 0 Å². The zero-order valence-corrected chi connectivity index (χ0v) is 23.2. The lowest BCUT2D eigenvalue weighted by Crippen LogP contribution is -1.92. The van der Waals surface area contributed by atoms with Crippen molar-refractivity contribution in [3.05, 3.63) is 127 Å². The van der Waals surface area contributed by atoms with E-state index in [1.54, 1.807) is 0 Å². The van der Waals surface area contributed by atoms with Gasteiger partial charge in [0.05, 0.1) is 0 Å². The topological polar surface area (TPSA) is 98.0 Å². The van der Waals surface area contributed by atoms with Crippen LogP contribution in [0.25, 0.3) is 76.1 Å². The standard InChI is InChI=1S/C36H22O.H3O4P/c37-32-21-17-23-7-2-4-11-28(23)36(32)35-27-10-3-1-6-22(27)14-19-31(35)29-18-15-26-13-12-24-8-5-9-25-16-20-30(29)34(26)33(24)25;1-5(2,3)4/h1-21,37H;(H3,1,2,3,4). The minimum absolute atomic E-state index is 0.300. The molecule has 0 aliphatic carbocycles. The molecule has 204 valence electrons. The van der Waals surface area contributed by atoms with E-state index in [0.717, 1.165) is 38.2 Å². The lowest BCUT2D eigenvalue weighted by Gasteiger charge is -2.19. The van der Waals surface area contributed by atoms with E-state index in [4.69, 9.17) is 19.2 Å². The van der Waals surface area contributed by atoms with Crippen LogP contribution in [0.2, 0.25) is 0 Å². The molecule has 4 N–H and O–H groups in total. The van der Waals surface area contributed by atoms with E-state index in [1.165, 1.54) is 37.9 Å². The smallest absolute Gasteiger partial charge is 0.466 e. The van der Waals surface area contributed by atoms with Crippen LogP contribution >= 0.6 is 7.82 Å². The molecule has 0 radical (unpaired) electrons. The van der Waals surface area contributed by atoms with Gasteiger partial charge in [-0.15, -0.1) is 0 Å². The maximum atomic E-state index is 11.3. The quantitative estimate of drug-likeness (QED) is 0.123. The maximum Gasteiger partial charge on any atom is 0.466 e. The average molecular weight is 569 g/mol. The van der Waals surface area contributed by atoms with Gasteiger partial charge in [-0.1, -0.05) is 121 Å². The third-order valence-electron chi connectivity index (χ3n) is 7.90. The van der Waals surface area contributed by atoms with E-state index < -0.39 is 7.82 Å². The van der Waals surface area contributed by atoms with Crippen LogP contribution in [0, 0.1) is 0 Å². The molecule has 0 amide bonds. The summed E-state index contributed by atoms with van der Waals surface area (Å²) in [7, 11) is -4.64. The molecule has 0 atom stereocenters. The molecule has 0 fully saturated rings. The number of hydrogen-bond acceptors (Lipinski definition) is 2. The lowest BCUT2D eigenvalue weighted by molar-refractivity contribution is 0.275. The number of phenols is 1. The number of rotatable bonds is 2. The van der Waals surface area contributed by atoms with Crippen molar-refractivity contribution in [2.24, 2.45) is 0 Å². The fraction of sp³-hybridized carbons (Fsp3) is 0. The van der Waals surface area contributed by atoms with Crippen LogP contribution in [-0.4, -0.2) is 19.8 Å². The number of benzene rings is 8. The summed E-state index contributed by atoms with van der Waals surface area (Å²) in [5.74, 6) is 0.300. The van der Waals surface area contributed by atoms with Gasteiger partial charge < -0.3 is 19.8 Å². The Hall–Kier alpha value is -4.77. The molecule has 0 aromatic heterocycles. The highest BCUT2D eigenvalue weighted by Crippen LogP contribution is 2.48. The van der Waals surface area contributed by atoms with Crippen molar-refractivity contribution in [1.82, 2.24) is 0 Å². The van der Waals surface area contributed by atoms with Crippen LogP contribution in [0.4, 0.5) is 0 Å². The Balaban J connectivity index is 0.000000534. The Labute approximate surface area is 241 Å². The molecule has 0 heterocycles. The zero-order valence-electron chi connectivity index (χ0n) is 22.3. The molecule has 42 heavy (non-hydrogen) atoms. The molecule has 0 spiro atoms. The Morgan fingerprint density at radius 1 is 0.405 bits per heavy atom. The van der Waals surface area contributed by atoms with Gasteiger partial charge in [-0.25, -0.2) is 4.57 Å².